The van der Waals surface area contributed by atoms with Crippen molar-refractivity contribution in [2.24, 2.45) is 0 Å². The number of nitrogens with one attached hydrogen (secondary N) is 1. The number of nitrogens with zero attached hydrogens (tertiary/aromatic N) is 2. The average Bonchev–Trinajstić information content (AvgIpc) is 2.84. The molecule has 0 fully saturated rings. The largest absolute Gasteiger partial charge is 0.507 e. The molecule has 3 N–H and O–H groups in total. The van der Waals surface area contributed by atoms with Crippen LogP contribution in [0.1, 0.15) is 23.0 Å². The molecule has 6 heteroatoms. The summed E-state index contributed by atoms with van der Waals surface area (Å²) >= 11 is 0. The molecule has 2 aromatic rings. The van der Waals surface area contributed by atoms with E-state index >= 15 is 0 Å². The molecule has 0 aliphatic rings. The lowest BCUT2D eigenvalue weighted by molar-refractivity contribution is 0.0694. The molecule has 2 rings (SSSR count). The van der Waals surface area contributed by atoms with Gasteiger partial charge in [-0.05, 0) is 31.2 Å². The highest BCUT2D eigenvalue weighted by molar-refractivity contribution is 5.91. The van der Waals surface area contributed by atoms with Crippen LogP contribution in [0.3, 0.4) is 0 Å². The minimum atomic E-state index is -1.15. The lowest BCUT2D eigenvalue weighted by Crippen LogP contribution is -2.08. The highest BCUT2D eigenvalue weighted by atomic mass is 16.4. The Morgan fingerprint density at radius 1 is 1.42 bits per heavy atom. The van der Waals surface area contributed by atoms with Crippen LogP contribution in [0.5, 0.6) is 5.75 Å². The number of phenols is 1. The van der Waals surface area contributed by atoms with Crippen LogP contribution < -0.4 is 5.32 Å². The first-order chi connectivity index (χ1) is 9.11. The van der Waals surface area contributed by atoms with E-state index in [9.17, 15) is 9.90 Å². The SMILES string of the molecule is CCn1nccc1CNc1ccc(O)c(C(=O)O)c1. The molecule has 0 radical (unpaired) electrons. The Hall–Kier alpha value is -2.50. The normalized spacial score (nSPS) is 10.4. The minimum Gasteiger partial charge on any atom is -0.507 e. The molecular weight excluding hydrogens is 246 g/mol. The van der Waals surface area contributed by atoms with Gasteiger partial charge in [0.2, 0.25) is 0 Å². The minimum absolute atomic E-state index is 0.117. The van der Waals surface area contributed by atoms with Gasteiger partial charge in [-0.15, -0.1) is 0 Å². The van der Waals surface area contributed by atoms with Crippen LogP contribution in [0.2, 0.25) is 0 Å². The van der Waals surface area contributed by atoms with Crippen molar-refractivity contribution in [3.63, 3.8) is 0 Å². The summed E-state index contributed by atoms with van der Waals surface area (Å²) in [6, 6.07) is 6.30. The molecule has 0 spiro atoms. The van der Waals surface area contributed by atoms with Crippen molar-refractivity contribution in [1.82, 2.24) is 9.78 Å². The number of benzene rings is 1. The maximum Gasteiger partial charge on any atom is 0.339 e. The van der Waals surface area contributed by atoms with E-state index in [0.717, 1.165) is 12.2 Å². The summed E-state index contributed by atoms with van der Waals surface area (Å²) in [5.74, 6) is -1.39. The van der Waals surface area contributed by atoms with Crippen LogP contribution in [-0.2, 0) is 13.1 Å². The summed E-state index contributed by atoms with van der Waals surface area (Å²) in [6.07, 6.45) is 1.72. The lowest BCUT2D eigenvalue weighted by Gasteiger charge is -2.09. The summed E-state index contributed by atoms with van der Waals surface area (Å²) in [5, 5.41) is 25.6. The molecule has 0 aliphatic heterocycles. The van der Waals surface area contributed by atoms with Crippen LogP contribution >= 0.6 is 0 Å². The molecule has 0 bridgehead atoms. The average molecular weight is 261 g/mol. The third-order valence-corrected chi connectivity index (χ3v) is 2.80. The molecule has 0 unspecified atom stereocenters. The van der Waals surface area contributed by atoms with Crippen molar-refractivity contribution in [2.45, 2.75) is 20.0 Å². The Morgan fingerprint density at radius 2 is 2.21 bits per heavy atom. The molecule has 100 valence electrons. The van der Waals surface area contributed by atoms with Gasteiger partial charge in [-0.3, -0.25) is 4.68 Å². The van der Waals surface area contributed by atoms with E-state index < -0.39 is 5.97 Å². The van der Waals surface area contributed by atoms with Crippen molar-refractivity contribution in [3.05, 3.63) is 41.7 Å². The lowest BCUT2D eigenvalue weighted by atomic mass is 10.2. The van der Waals surface area contributed by atoms with Crippen molar-refractivity contribution in [1.29, 1.82) is 0 Å². The van der Waals surface area contributed by atoms with E-state index in [1.54, 1.807) is 12.3 Å². The maximum absolute atomic E-state index is 10.9. The maximum atomic E-state index is 10.9. The Morgan fingerprint density at radius 3 is 2.89 bits per heavy atom. The van der Waals surface area contributed by atoms with Crippen LogP contribution in [-0.4, -0.2) is 26.0 Å². The highest BCUT2D eigenvalue weighted by Crippen LogP contribution is 2.21. The van der Waals surface area contributed by atoms with Gasteiger partial charge >= 0.3 is 5.97 Å². The predicted octanol–water partition coefficient (Wildman–Crippen LogP) is 1.92. The van der Waals surface area contributed by atoms with Crippen LogP contribution in [0.25, 0.3) is 0 Å². The third-order valence-electron chi connectivity index (χ3n) is 2.80. The molecule has 1 heterocycles. The number of carboxylic acid groups (broad SMARTS) is 1. The zero-order valence-electron chi connectivity index (χ0n) is 10.5. The fourth-order valence-corrected chi connectivity index (χ4v) is 1.80. The van der Waals surface area contributed by atoms with Crippen LogP contribution in [0.4, 0.5) is 5.69 Å². The molecule has 0 atom stereocenters. The van der Waals surface area contributed by atoms with E-state index in [-0.39, 0.29) is 11.3 Å². The summed E-state index contributed by atoms with van der Waals surface area (Å²) in [6.45, 7) is 3.32. The van der Waals surface area contributed by atoms with Gasteiger partial charge in [0.05, 0.1) is 12.2 Å². The number of anilines is 1. The Labute approximate surface area is 110 Å². The van der Waals surface area contributed by atoms with Crippen molar-refractivity contribution in [2.75, 3.05) is 5.32 Å². The molecule has 19 heavy (non-hydrogen) atoms. The van der Waals surface area contributed by atoms with Crippen molar-refractivity contribution in [3.8, 4) is 5.75 Å². The quantitative estimate of drug-likeness (QED) is 0.716. The molecule has 0 saturated heterocycles. The van der Waals surface area contributed by atoms with E-state index in [4.69, 9.17) is 5.11 Å². The number of hydrogen-bond donors (Lipinski definition) is 3. The standard InChI is InChI=1S/C13H15N3O3/c1-2-16-10(5-6-15-16)8-14-9-3-4-12(17)11(7-9)13(18)19/h3-7,14,17H,2,8H2,1H3,(H,18,19). The Balaban J connectivity index is 2.12. The second-order valence-corrected chi connectivity index (χ2v) is 4.03. The number of aryl methyl sites for hydroxylation is 1. The fraction of sp³-hybridized carbons (Fsp3) is 0.231. The van der Waals surface area contributed by atoms with Gasteiger partial charge in [-0.25, -0.2) is 4.79 Å². The first kappa shape index (κ1) is 12.9. The van der Waals surface area contributed by atoms with Gasteiger partial charge in [0, 0.05) is 18.4 Å². The number of carbonyl (C=O) groups is 1. The van der Waals surface area contributed by atoms with Crippen LogP contribution in [0.15, 0.2) is 30.5 Å². The second-order valence-electron chi connectivity index (χ2n) is 4.03. The summed E-state index contributed by atoms with van der Waals surface area (Å²) in [4.78, 5) is 10.9. The molecule has 1 aromatic heterocycles. The number of rotatable bonds is 5. The molecule has 0 saturated carbocycles. The van der Waals surface area contributed by atoms with Gasteiger partial charge < -0.3 is 15.5 Å². The number of aromatic carboxylic acids is 1. The van der Waals surface area contributed by atoms with E-state index in [1.807, 2.05) is 17.7 Å². The zero-order valence-corrected chi connectivity index (χ0v) is 10.5. The number of carboxylic acids is 1. The van der Waals surface area contributed by atoms with Gasteiger partial charge in [-0.1, -0.05) is 0 Å². The molecule has 0 amide bonds. The first-order valence-electron chi connectivity index (χ1n) is 5.92. The zero-order chi connectivity index (χ0) is 13.8. The predicted molar refractivity (Wildman–Crippen MR) is 70.3 cm³/mol. The van der Waals surface area contributed by atoms with Crippen LogP contribution in [0, 0.1) is 0 Å². The fourth-order valence-electron chi connectivity index (χ4n) is 1.80. The van der Waals surface area contributed by atoms with Gasteiger partial charge in [0.1, 0.15) is 11.3 Å². The molecular formula is C13H15N3O3. The Bertz CT molecular complexity index is 593. The van der Waals surface area contributed by atoms with E-state index in [0.29, 0.717) is 12.2 Å². The van der Waals surface area contributed by atoms with Crippen molar-refractivity contribution >= 4 is 11.7 Å². The number of hydrogen-bond acceptors (Lipinski definition) is 4. The number of aromatic nitrogens is 2. The topological polar surface area (TPSA) is 87.4 Å². The van der Waals surface area contributed by atoms with Crippen molar-refractivity contribution < 1.29 is 15.0 Å². The molecule has 1 aromatic carbocycles. The van der Waals surface area contributed by atoms with E-state index in [1.165, 1.54) is 12.1 Å². The third kappa shape index (κ3) is 2.85. The van der Waals surface area contributed by atoms with Gasteiger partial charge in [0.15, 0.2) is 0 Å². The summed E-state index contributed by atoms with van der Waals surface area (Å²) in [5.41, 5.74) is 1.53. The van der Waals surface area contributed by atoms with E-state index in [2.05, 4.69) is 10.4 Å². The summed E-state index contributed by atoms with van der Waals surface area (Å²) < 4.78 is 1.85. The monoisotopic (exact) mass is 261 g/mol. The molecule has 6 nitrogen and oxygen atoms in total. The second kappa shape index (κ2) is 5.43. The highest BCUT2D eigenvalue weighted by Gasteiger charge is 2.10. The Kier molecular flexibility index (Phi) is 3.70. The molecule has 0 aliphatic carbocycles. The first-order valence-corrected chi connectivity index (χ1v) is 5.92. The number of aromatic hydroxyl groups is 1. The smallest absolute Gasteiger partial charge is 0.339 e. The summed E-state index contributed by atoms with van der Waals surface area (Å²) in [7, 11) is 0. The van der Waals surface area contributed by atoms with Gasteiger partial charge in [-0.2, -0.15) is 5.10 Å². The van der Waals surface area contributed by atoms with Gasteiger partial charge in [0.25, 0.3) is 0 Å².